The molecule has 5 heterocycles. The maximum absolute atomic E-state index is 6.28. The van der Waals surface area contributed by atoms with Crippen LogP contribution in [0.15, 0.2) is 28.7 Å². The molecule has 1 N–H and O–H groups in total. The molecule has 39 heavy (non-hydrogen) atoms. The van der Waals surface area contributed by atoms with Gasteiger partial charge in [-0.3, -0.25) is 0 Å². The largest absolute Gasteiger partial charge is 0.493 e. The van der Waals surface area contributed by atoms with Gasteiger partial charge in [-0.1, -0.05) is 0 Å². The number of rotatable bonds is 9. The summed E-state index contributed by atoms with van der Waals surface area (Å²) in [5, 5.41) is 5.08. The molecule has 3 aliphatic heterocycles. The van der Waals surface area contributed by atoms with Crippen LogP contribution in [0.4, 0.5) is 5.69 Å². The Hall–Kier alpha value is -2.77. The number of methoxy groups -OCH3 is 1. The molecule has 2 saturated heterocycles. The molecule has 210 valence electrons. The van der Waals surface area contributed by atoms with Crippen molar-refractivity contribution in [3.05, 3.63) is 35.6 Å². The molecule has 6 rings (SSSR count). The lowest BCUT2D eigenvalue weighted by Crippen LogP contribution is -2.34. The Morgan fingerprint density at radius 2 is 1.87 bits per heavy atom. The van der Waals surface area contributed by atoms with Gasteiger partial charge in [-0.25, -0.2) is 4.98 Å². The van der Waals surface area contributed by atoms with Gasteiger partial charge in [0.25, 0.3) is 0 Å². The number of hydrogen-bond donors (Lipinski definition) is 1. The molecule has 3 aromatic rings. The highest BCUT2D eigenvalue weighted by Gasteiger charge is 2.29. The third kappa shape index (κ3) is 5.90. The van der Waals surface area contributed by atoms with Crippen LogP contribution in [0.25, 0.3) is 22.4 Å². The number of ether oxygens (including phenoxy) is 2. The molecule has 0 bridgehead atoms. The number of piperidine rings is 1. The zero-order chi connectivity index (χ0) is 26.8. The summed E-state index contributed by atoms with van der Waals surface area (Å²) in [4.78, 5) is 10.1. The molecule has 1 aromatic carbocycles. The maximum atomic E-state index is 6.28. The molecule has 0 saturated carbocycles. The van der Waals surface area contributed by atoms with Crippen molar-refractivity contribution in [2.75, 3.05) is 58.8 Å². The minimum absolute atomic E-state index is 0.468. The molecule has 0 amide bonds. The summed E-state index contributed by atoms with van der Waals surface area (Å²) in [6.07, 6.45) is 9.57. The lowest BCUT2D eigenvalue weighted by atomic mass is 9.85. The number of likely N-dealkylation sites (tertiary alicyclic amines) is 2. The van der Waals surface area contributed by atoms with Crippen LogP contribution < -0.4 is 14.8 Å². The van der Waals surface area contributed by atoms with Gasteiger partial charge in [-0.2, -0.15) is 0 Å². The SMILES string of the molecule is COc1cc2c3c(c(-c4ccc(C)o4)nc2cc1OCCCN1CCCC1)CCC(CC1CCN(C)CC1)N3. The molecule has 3 aliphatic rings. The van der Waals surface area contributed by atoms with Crippen molar-refractivity contribution in [1.82, 2.24) is 14.8 Å². The second kappa shape index (κ2) is 11.8. The minimum atomic E-state index is 0.468. The van der Waals surface area contributed by atoms with Crippen molar-refractivity contribution in [1.29, 1.82) is 0 Å². The summed E-state index contributed by atoms with van der Waals surface area (Å²) >= 11 is 0. The van der Waals surface area contributed by atoms with Gasteiger partial charge in [-0.15, -0.1) is 0 Å². The van der Waals surface area contributed by atoms with Crippen LogP contribution >= 0.6 is 0 Å². The van der Waals surface area contributed by atoms with Gasteiger partial charge in [0.05, 0.1) is 19.2 Å². The van der Waals surface area contributed by atoms with E-state index in [1.165, 1.54) is 69.5 Å². The van der Waals surface area contributed by atoms with Crippen molar-refractivity contribution in [3.8, 4) is 23.0 Å². The zero-order valence-corrected chi connectivity index (χ0v) is 23.9. The van der Waals surface area contributed by atoms with Gasteiger partial charge in [-0.05, 0) is 116 Å². The van der Waals surface area contributed by atoms with Crippen LogP contribution in [-0.4, -0.2) is 74.3 Å². The lowest BCUT2D eigenvalue weighted by Gasteiger charge is -2.35. The van der Waals surface area contributed by atoms with Crippen LogP contribution in [0.1, 0.15) is 56.3 Å². The molecular formula is C32H44N4O3. The van der Waals surface area contributed by atoms with Crippen LogP contribution in [0, 0.1) is 12.8 Å². The Kier molecular flexibility index (Phi) is 7.98. The number of benzene rings is 1. The Bertz CT molecular complexity index is 1270. The first-order chi connectivity index (χ1) is 19.1. The number of nitrogens with zero attached hydrogens (tertiary/aromatic N) is 3. The average Bonchev–Trinajstić information content (AvgIpc) is 3.63. The number of pyridine rings is 1. The molecular weight excluding hydrogens is 488 g/mol. The number of aromatic nitrogens is 1. The van der Waals surface area contributed by atoms with E-state index in [9.17, 15) is 0 Å². The number of fused-ring (bicyclic) bond motifs is 3. The molecule has 7 heteroatoms. The first-order valence-electron chi connectivity index (χ1n) is 15.0. The molecule has 2 fully saturated rings. The highest BCUT2D eigenvalue weighted by Crippen LogP contribution is 2.43. The first-order valence-corrected chi connectivity index (χ1v) is 15.0. The number of anilines is 1. The Morgan fingerprint density at radius 1 is 1.05 bits per heavy atom. The highest BCUT2D eigenvalue weighted by atomic mass is 16.5. The van der Waals surface area contributed by atoms with Gasteiger partial charge < -0.3 is 29.0 Å². The Balaban J connectivity index is 1.29. The fraction of sp³-hybridized carbons (Fsp3) is 0.594. The summed E-state index contributed by atoms with van der Waals surface area (Å²) in [7, 11) is 3.97. The number of furan rings is 1. The van der Waals surface area contributed by atoms with Crippen molar-refractivity contribution in [2.45, 2.75) is 64.3 Å². The molecule has 1 unspecified atom stereocenters. The second-order valence-electron chi connectivity index (χ2n) is 11.9. The summed E-state index contributed by atoms with van der Waals surface area (Å²) in [5.41, 5.74) is 4.30. The molecule has 0 radical (unpaired) electrons. The van der Waals surface area contributed by atoms with Crippen molar-refractivity contribution < 1.29 is 13.9 Å². The van der Waals surface area contributed by atoms with Crippen LogP contribution in [-0.2, 0) is 6.42 Å². The maximum Gasteiger partial charge on any atom is 0.163 e. The predicted octanol–water partition coefficient (Wildman–Crippen LogP) is 6.14. The third-order valence-electron chi connectivity index (χ3n) is 8.97. The third-order valence-corrected chi connectivity index (χ3v) is 8.97. The lowest BCUT2D eigenvalue weighted by molar-refractivity contribution is 0.206. The monoisotopic (exact) mass is 532 g/mol. The highest BCUT2D eigenvalue weighted by molar-refractivity contribution is 5.98. The van der Waals surface area contributed by atoms with E-state index in [2.05, 4.69) is 34.3 Å². The van der Waals surface area contributed by atoms with E-state index in [0.717, 1.165) is 71.3 Å². The number of nitrogens with one attached hydrogen (secondary N) is 1. The standard InChI is InChI=1S/C32H44N4O3/c1-22-7-10-28(39-22)32-25-9-8-24(19-23-11-16-35(2)17-12-23)33-31(25)26-20-29(37-3)30(21-27(26)34-32)38-18-6-15-36-13-4-5-14-36/h7,10,20-21,23-24,33H,4-6,8-9,11-19H2,1-3H3. The smallest absolute Gasteiger partial charge is 0.163 e. The summed E-state index contributed by atoms with van der Waals surface area (Å²) in [6.45, 7) is 8.61. The molecule has 0 spiro atoms. The molecule has 1 atom stereocenters. The summed E-state index contributed by atoms with van der Waals surface area (Å²) < 4.78 is 18.2. The van der Waals surface area contributed by atoms with Gasteiger partial charge in [0, 0.05) is 35.3 Å². The topological polar surface area (TPSA) is 63.0 Å². The normalized spacial score (nSPS) is 20.7. The fourth-order valence-corrected chi connectivity index (χ4v) is 6.71. The second-order valence-corrected chi connectivity index (χ2v) is 11.9. The minimum Gasteiger partial charge on any atom is -0.493 e. The Morgan fingerprint density at radius 3 is 2.62 bits per heavy atom. The summed E-state index contributed by atoms with van der Waals surface area (Å²) in [5.74, 6) is 4.06. The average molecular weight is 533 g/mol. The van der Waals surface area contributed by atoms with Crippen molar-refractivity contribution in [2.24, 2.45) is 5.92 Å². The van der Waals surface area contributed by atoms with Gasteiger partial charge in [0.15, 0.2) is 17.3 Å². The van der Waals surface area contributed by atoms with Gasteiger partial charge >= 0.3 is 0 Å². The van der Waals surface area contributed by atoms with E-state index in [-0.39, 0.29) is 0 Å². The van der Waals surface area contributed by atoms with E-state index in [1.54, 1.807) is 7.11 Å². The number of hydrogen-bond acceptors (Lipinski definition) is 7. The van der Waals surface area contributed by atoms with E-state index in [0.29, 0.717) is 12.6 Å². The first kappa shape index (κ1) is 26.5. The Labute approximate surface area is 232 Å². The van der Waals surface area contributed by atoms with Crippen LogP contribution in [0.3, 0.4) is 0 Å². The van der Waals surface area contributed by atoms with Crippen LogP contribution in [0.2, 0.25) is 0 Å². The fourth-order valence-electron chi connectivity index (χ4n) is 6.71. The van der Waals surface area contributed by atoms with Gasteiger partial charge in [0.1, 0.15) is 11.5 Å². The quantitative estimate of drug-likeness (QED) is 0.332. The summed E-state index contributed by atoms with van der Waals surface area (Å²) in [6, 6.07) is 8.73. The van der Waals surface area contributed by atoms with Gasteiger partial charge in [0.2, 0.25) is 0 Å². The molecule has 2 aromatic heterocycles. The molecule has 7 nitrogen and oxygen atoms in total. The van der Waals surface area contributed by atoms with Crippen molar-refractivity contribution >= 4 is 16.6 Å². The molecule has 0 aliphatic carbocycles. The van der Waals surface area contributed by atoms with E-state index in [1.807, 2.05) is 19.1 Å². The van der Waals surface area contributed by atoms with Crippen molar-refractivity contribution in [3.63, 3.8) is 0 Å². The number of aryl methyl sites for hydroxylation is 1. The van der Waals surface area contributed by atoms with E-state index in [4.69, 9.17) is 18.9 Å². The zero-order valence-electron chi connectivity index (χ0n) is 23.9. The predicted molar refractivity (Wildman–Crippen MR) is 157 cm³/mol. The van der Waals surface area contributed by atoms with E-state index >= 15 is 0 Å². The van der Waals surface area contributed by atoms with E-state index < -0.39 is 0 Å². The van der Waals surface area contributed by atoms with Crippen LogP contribution in [0.5, 0.6) is 11.5 Å².